The Kier molecular flexibility index (Phi) is 2.28. The average Bonchev–Trinajstić information content (AvgIpc) is 2.54. The Bertz CT molecular complexity index is 441. The average molecular weight is 222 g/mol. The Balaban J connectivity index is 2.74. The molecule has 6 heteroatoms. The van der Waals surface area contributed by atoms with Gasteiger partial charge in [-0.1, -0.05) is 0 Å². The lowest BCUT2D eigenvalue weighted by atomic mass is 10.1. The molecule has 6 nitrogen and oxygen atoms in total. The van der Waals surface area contributed by atoms with Gasteiger partial charge in [0.2, 0.25) is 0 Å². The van der Waals surface area contributed by atoms with E-state index in [2.05, 4.69) is 0 Å². The van der Waals surface area contributed by atoms with Gasteiger partial charge in [-0.2, -0.15) is 0 Å². The fraction of sp³-hybridized carbons (Fsp3) is 0.200. The fourth-order valence-corrected chi connectivity index (χ4v) is 1.66. The molecule has 0 aliphatic carbocycles. The summed E-state index contributed by atoms with van der Waals surface area (Å²) in [5.74, 6) is 4.78. The largest absolute Gasteiger partial charge is 0.496 e. The van der Waals surface area contributed by atoms with Crippen molar-refractivity contribution in [1.82, 2.24) is 5.01 Å². The van der Waals surface area contributed by atoms with Gasteiger partial charge in [-0.05, 0) is 12.1 Å². The van der Waals surface area contributed by atoms with Crippen molar-refractivity contribution < 1.29 is 19.1 Å². The molecular formula is C10H10N2O4. The van der Waals surface area contributed by atoms with Crippen molar-refractivity contribution in [3.8, 4) is 11.5 Å². The molecule has 0 bridgehead atoms. The van der Waals surface area contributed by atoms with E-state index in [0.29, 0.717) is 16.5 Å². The van der Waals surface area contributed by atoms with Gasteiger partial charge in [0.15, 0.2) is 0 Å². The van der Waals surface area contributed by atoms with Gasteiger partial charge in [0, 0.05) is 0 Å². The van der Waals surface area contributed by atoms with Gasteiger partial charge >= 0.3 is 0 Å². The number of rotatable bonds is 2. The SMILES string of the molecule is COc1ccc(OC)c2c1C(=O)N(N)C2=O. The fourth-order valence-electron chi connectivity index (χ4n) is 1.66. The van der Waals surface area contributed by atoms with Gasteiger partial charge in [-0.25, -0.2) is 10.9 Å². The van der Waals surface area contributed by atoms with Crippen LogP contribution >= 0.6 is 0 Å². The summed E-state index contributed by atoms with van der Waals surface area (Å²) < 4.78 is 10.0. The molecule has 2 N–H and O–H groups in total. The number of methoxy groups -OCH3 is 2. The predicted molar refractivity (Wildman–Crippen MR) is 54.2 cm³/mol. The van der Waals surface area contributed by atoms with Crippen LogP contribution in [-0.4, -0.2) is 31.0 Å². The van der Waals surface area contributed by atoms with Crippen LogP contribution in [0, 0.1) is 0 Å². The second-order valence-electron chi connectivity index (χ2n) is 3.20. The van der Waals surface area contributed by atoms with E-state index in [1.165, 1.54) is 14.2 Å². The van der Waals surface area contributed by atoms with Crippen LogP contribution < -0.4 is 15.3 Å². The van der Waals surface area contributed by atoms with E-state index < -0.39 is 11.8 Å². The summed E-state index contributed by atoms with van der Waals surface area (Å²) in [4.78, 5) is 23.4. The first-order valence-electron chi connectivity index (χ1n) is 4.50. The summed E-state index contributed by atoms with van der Waals surface area (Å²) in [7, 11) is 2.83. The first kappa shape index (κ1) is 10.4. The van der Waals surface area contributed by atoms with Crippen molar-refractivity contribution in [3.63, 3.8) is 0 Å². The molecule has 0 spiro atoms. The Morgan fingerprint density at radius 3 is 1.69 bits per heavy atom. The van der Waals surface area contributed by atoms with E-state index in [9.17, 15) is 9.59 Å². The summed E-state index contributed by atoms with van der Waals surface area (Å²) in [6, 6.07) is 3.12. The summed E-state index contributed by atoms with van der Waals surface area (Å²) in [6.45, 7) is 0. The molecule has 0 atom stereocenters. The smallest absolute Gasteiger partial charge is 0.279 e. The summed E-state index contributed by atoms with van der Waals surface area (Å²) in [5, 5.41) is 0.551. The van der Waals surface area contributed by atoms with Crippen molar-refractivity contribution in [2.45, 2.75) is 0 Å². The van der Waals surface area contributed by atoms with Crippen LogP contribution in [-0.2, 0) is 0 Å². The molecule has 1 aliphatic rings. The lowest BCUT2D eigenvalue weighted by molar-refractivity contribution is 0.0652. The molecular weight excluding hydrogens is 212 g/mol. The molecule has 0 unspecified atom stereocenters. The Labute approximate surface area is 91.5 Å². The molecule has 1 heterocycles. The molecule has 1 aromatic carbocycles. The third-order valence-electron chi connectivity index (χ3n) is 2.43. The van der Waals surface area contributed by atoms with Crippen LogP contribution in [0.5, 0.6) is 11.5 Å². The number of carbonyl (C=O) groups excluding carboxylic acids is 2. The molecule has 0 fully saturated rings. The van der Waals surface area contributed by atoms with Crippen molar-refractivity contribution >= 4 is 11.8 Å². The number of hydrogen-bond acceptors (Lipinski definition) is 5. The number of fused-ring (bicyclic) bond motifs is 1. The second kappa shape index (κ2) is 3.49. The zero-order valence-corrected chi connectivity index (χ0v) is 8.81. The maximum absolute atomic E-state index is 11.7. The number of nitrogens with two attached hydrogens (primary N) is 1. The van der Waals surface area contributed by atoms with Crippen LogP contribution in [0.25, 0.3) is 0 Å². The Morgan fingerprint density at radius 2 is 1.38 bits per heavy atom. The van der Waals surface area contributed by atoms with Gasteiger partial charge in [0.05, 0.1) is 25.3 Å². The maximum atomic E-state index is 11.7. The van der Waals surface area contributed by atoms with Crippen molar-refractivity contribution in [3.05, 3.63) is 23.3 Å². The van der Waals surface area contributed by atoms with Gasteiger partial charge < -0.3 is 9.47 Å². The lowest BCUT2D eigenvalue weighted by Gasteiger charge is -2.07. The number of imide groups is 1. The molecule has 0 saturated heterocycles. The molecule has 1 aliphatic heterocycles. The molecule has 16 heavy (non-hydrogen) atoms. The number of amides is 2. The molecule has 0 aromatic heterocycles. The van der Waals surface area contributed by atoms with Crippen LogP contribution in [0.2, 0.25) is 0 Å². The van der Waals surface area contributed by atoms with Gasteiger partial charge in [-0.3, -0.25) is 9.59 Å². The monoisotopic (exact) mass is 222 g/mol. The minimum absolute atomic E-state index is 0.148. The topological polar surface area (TPSA) is 81.9 Å². The van der Waals surface area contributed by atoms with Crippen LogP contribution in [0.3, 0.4) is 0 Å². The molecule has 84 valence electrons. The van der Waals surface area contributed by atoms with Crippen LogP contribution in [0.1, 0.15) is 20.7 Å². The van der Waals surface area contributed by atoms with E-state index in [-0.39, 0.29) is 11.1 Å². The van der Waals surface area contributed by atoms with E-state index >= 15 is 0 Å². The van der Waals surface area contributed by atoms with Crippen molar-refractivity contribution in [2.75, 3.05) is 14.2 Å². The van der Waals surface area contributed by atoms with Gasteiger partial charge in [0.25, 0.3) is 11.8 Å². The highest BCUT2D eigenvalue weighted by Crippen LogP contribution is 2.35. The first-order valence-corrected chi connectivity index (χ1v) is 4.50. The molecule has 1 aromatic rings. The molecule has 0 saturated carbocycles. The number of hydrogen-bond donors (Lipinski definition) is 1. The highest BCUT2D eigenvalue weighted by molar-refractivity contribution is 6.23. The zero-order valence-electron chi connectivity index (χ0n) is 8.81. The normalized spacial score (nSPS) is 14.1. The maximum Gasteiger partial charge on any atom is 0.279 e. The third kappa shape index (κ3) is 1.17. The Hall–Kier alpha value is -2.08. The van der Waals surface area contributed by atoms with Gasteiger partial charge in [0.1, 0.15) is 11.5 Å². The first-order chi connectivity index (χ1) is 7.61. The Morgan fingerprint density at radius 1 is 1.00 bits per heavy atom. The summed E-state index contributed by atoms with van der Waals surface area (Å²) >= 11 is 0. The van der Waals surface area contributed by atoms with E-state index in [0.717, 1.165) is 0 Å². The number of hydrazine groups is 1. The number of nitrogens with zero attached hydrogens (tertiary/aromatic N) is 1. The summed E-state index contributed by atoms with van der Waals surface area (Å²) in [6.07, 6.45) is 0. The molecule has 2 amide bonds. The minimum Gasteiger partial charge on any atom is -0.496 e. The standard InChI is InChI=1S/C10H10N2O4/c1-15-5-3-4-6(16-2)8-7(5)9(13)12(11)10(8)14/h3-4H,11H2,1-2H3. The van der Waals surface area contributed by atoms with Crippen molar-refractivity contribution in [1.29, 1.82) is 0 Å². The summed E-state index contributed by atoms with van der Waals surface area (Å²) in [5.41, 5.74) is 0.295. The third-order valence-corrected chi connectivity index (χ3v) is 2.43. The van der Waals surface area contributed by atoms with Gasteiger partial charge in [-0.15, -0.1) is 0 Å². The molecule has 2 rings (SSSR count). The predicted octanol–water partition coefficient (Wildman–Crippen LogP) is 0.174. The highest BCUT2D eigenvalue weighted by Gasteiger charge is 2.39. The van der Waals surface area contributed by atoms with E-state index in [1.807, 2.05) is 0 Å². The molecule has 0 radical (unpaired) electrons. The number of benzene rings is 1. The second-order valence-corrected chi connectivity index (χ2v) is 3.20. The van der Waals surface area contributed by atoms with Crippen molar-refractivity contribution in [2.24, 2.45) is 5.84 Å². The van der Waals surface area contributed by atoms with E-state index in [4.69, 9.17) is 15.3 Å². The highest BCUT2D eigenvalue weighted by atomic mass is 16.5. The minimum atomic E-state index is -0.587. The quantitative estimate of drug-likeness (QED) is 0.438. The van der Waals surface area contributed by atoms with E-state index in [1.54, 1.807) is 12.1 Å². The number of ether oxygens (including phenoxy) is 2. The lowest BCUT2D eigenvalue weighted by Crippen LogP contribution is -2.36. The van der Waals surface area contributed by atoms with Crippen LogP contribution in [0.4, 0.5) is 0 Å². The van der Waals surface area contributed by atoms with Crippen LogP contribution in [0.15, 0.2) is 12.1 Å². The zero-order chi connectivity index (χ0) is 11.9. The number of carbonyl (C=O) groups is 2.